The lowest BCUT2D eigenvalue weighted by Gasteiger charge is -2.26. The quantitative estimate of drug-likeness (QED) is 0.737. The molecule has 0 N–H and O–H groups in total. The van der Waals surface area contributed by atoms with Crippen LogP contribution in [0.5, 0.6) is 5.75 Å². The lowest BCUT2D eigenvalue weighted by molar-refractivity contribution is 0.0675. The van der Waals surface area contributed by atoms with Crippen molar-refractivity contribution in [1.29, 1.82) is 0 Å². The largest absolute Gasteiger partial charge is 0.496 e. The van der Waals surface area contributed by atoms with Crippen LogP contribution in [-0.4, -0.2) is 41.0 Å². The molecule has 0 spiro atoms. The molecule has 25 heavy (non-hydrogen) atoms. The van der Waals surface area contributed by atoms with E-state index in [1.807, 2.05) is 25.3 Å². The summed E-state index contributed by atoms with van der Waals surface area (Å²) in [7, 11) is 1.72. The maximum Gasteiger partial charge on any atom is 0.123 e. The van der Waals surface area contributed by atoms with Crippen LogP contribution in [0.15, 0.2) is 37.0 Å². The molecule has 1 fully saturated rings. The van der Waals surface area contributed by atoms with Gasteiger partial charge < -0.3 is 9.47 Å². The second-order valence-corrected chi connectivity index (χ2v) is 6.52. The summed E-state index contributed by atoms with van der Waals surface area (Å²) in [6, 6.07) is 8.20. The summed E-state index contributed by atoms with van der Waals surface area (Å²) in [5, 5.41) is 4.47. The lowest BCUT2D eigenvalue weighted by Crippen LogP contribution is -2.31. The standard InChI is InChI=1S/C20H27N3O2/c1-4-23-14-18(16(2)21-23)13-22(15-19-9-7-11-25-19)12-17-8-5-6-10-20(17)24-3/h4-6,8,10,14,19H,1,7,9,11-13,15H2,2-3H3. The van der Waals surface area contributed by atoms with Gasteiger partial charge in [-0.3, -0.25) is 4.90 Å². The zero-order valence-electron chi connectivity index (χ0n) is 15.1. The van der Waals surface area contributed by atoms with E-state index in [1.54, 1.807) is 18.0 Å². The van der Waals surface area contributed by atoms with Gasteiger partial charge >= 0.3 is 0 Å². The number of rotatable bonds is 8. The topological polar surface area (TPSA) is 39.5 Å². The maximum atomic E-state index is 5.86. The molecule has 1 unspecified atom stereocenters. The van der Waals surface area contributed by atoms with E-state index in [0.717, 1.165) is 50.5 Å². The van der Waals surface area contributed by atoms with Crippen molar-refractivity contribution < 1.29 is 9.47 Å². The molecule has 0 saturated carbocycles. The fourth-order valence-electron chi connectivity index (χ4n) is 3.34. The second-order valence-electron chi connectivity index (χ2n) is 6.52. The van der Waals surface area contributed by atoms with Gasteiger partial charge in [0.05, 0.1) is 18.9 Å². The first-order chi connectivity index (χ1) is 12.2. The van der Waals surface area contributed by atoms with Crippen LogP contribution in [0.4, 0.5) is 0 Å². The second kappa shape index (κ2) is 8.32. The third-order valence-corrected chi connectivity index (χ3v) is 4.67. The van der Waals surface area contributed by atoms with Gasteiger partial charge in [-0.2, -0.15) is 5.10 Å². The normalized spacial score (nSPS) is 17.2. The number of hydrogen-bond donors (Lipinski definition) is 0. The zero-order chi connectivity index (χ0) is 17.6. The zero-order valence-corrected chi connectivity index (χ0v) is 15.1. The Balaban J connectivity index is 1.78. The molecule has 0 bridgehead atoms. The minimum absolute atomic E-state index is 0.310. The maximum absolute atomic E-state index is 5.86. The Hall–Kier alpha value is -2.11. The highest BCUT2D eigenvalue weighted by Crippen LogP contribution is 2.23. The summed E-state index contributed by atoms with van der Waals surface area (Å²) in [6.45, 7) is 9.27. The molecule has 134 valence electrons. The van der Waals surface area contributed by atoms with E-state index in [0.29, 0.717) is 6.10 Å². The third-order valence-electron chi connectivity index (χ3n) is 4.67. The van der Waals surface area contributed by atoms with Crippen LogP contribution in [0.3, 0.4) is 0 Å². The fourth-order valence-corrected chi connectivity index (χ4v) is 3.34. The van der Waals surface area contributed by atoms with Crippen LogP contribution in [0, 0.1) is 6.92 Å². The average molecular weight is 341 g/mol. The molecule has 1 aliphatic rings. The molecule has 5 heteroatoms. The first-order valence-corrected chi connectivity index (χ1v) is 8.82. The van der Waals surface area contributed by atoms with Crippen LogP contribution in [0.2, 0.25) is 0 Å². The average Bonchev–Trinajstić information content (AvgIpc) is 3.25. The molecule has 0 radical (unpaired) electrons. The molecule has 0 aliphatic carbocycles. The smallest absolute Gasteiger partial charge is 0.123 e. The van der Waals surface area contributed by atoms with Gasteiger partial charge in [-0.25, -0.2) is 4.68 Å². The molecule has 1 atom stereocenters. The number of ether oxygens (including phenoxy) is 2. The molecule has 0 amide bonds. The van der Waals surface area contributed by atoms with Gasteiger partial charge in [-0.1, -0.05) is 24.8 Å². The first kappa shape index (κ1) is 17.7. The van der Waals surface area contributed by atoms with Crippen molar-refractivity contribution in [2.24, 2.45) is 0 Å². The molecule has 1 aromatic carbocycles. The molecular formula is C20H27N3O2. The Labute approximate surface area is 149 Å². The Bertz CT molecular complexity index is 705. The monoisotopic (exact) mass is 341 g/mol. The first-order valence-electron chi connectivity index (χ1n) is 8.82. The van der Waals surface area contributed by atoms with Crippen molar-refractivity contribution in [2.45, 2.75) is 39.0 Å². The summed E-state index contributed by atoms with van der Waals surface area (Å²) in [5.74, 6) is 0.929. The number of para-hydroxylation sites is 1. The van der Waals surface area contributed by atoms with E-state index in [2.05, 4.69) is 28.7 Å². The Kier molecular flexibility index (Phi) is 5.89. The van der Waals surface area contributed by atoms with Gasteiger partial charge in [0.2, 0.25) is 0 Å². The predicted octanol–water partition coefficient (Wildman–Crippen LogP) is 3.48. The number of aromatic nitrogens is 2. The van der Waals surface area contributed by atoms with Crippen molar-refractivity contribution in [3.8, 4) is 5.75 Å². The predicted molar refractivity (Wildman–Crippen MR) is 99.4 cm³/mol. The number of nitrogens with zero attached hydrogens (tertiary/aromatic N) is 3. The highest BCUT2D eigenvalue weighted by atomic mass is 16.5. The molecule has 1 saturated heterocycles. The molecule has 1 aromatic heterocycles. The highest BCUT2D eigenvalue weighted by Gasteiger charge is 2.21. The Morgan fingerprint density at radius 2 is 2.16 bits per heavy atom. The van der Waals surface area contributed by atoms with Gasteiger partial charge in [0.25, 0.3) is 0 Å². The van der Waals surface area contributed by atoms with E-state index >= 15 is 0 Å². The highest BCUT2D eigenvalue weighted by molar-refractivity contribution is 5.33. The van der Waals surface area contributed by atoms with Crippen molar-refractivity contribution in [2.75, 3.05) is 20.3 Å². The molecule has 2 aromatic rings. The lowest BCUT2D eigenvalue weighted by atomic mass is 10.1. The van der Waals surface area contributed by atoms with Gasteiger partial charge in [-0.15, -0.1) is 0 Å². The van der Waals surface area contributed by atoms with Crippen LogP contribution in [0.1, 0.15) is 29.7 Å². The minimum atomic E-state index is 0.310. The number of aryl methyl sites for hydroxylation is 1. The Morgan fingerprint density at radius 3 is 2.84 bits per heavy atom. The number of methoxy groups -OCH3 is 1. The SMILES string of the molecule is C=Cn1cc(CN(Cc2ccccc2OC)CC2CCCO2)c(C)n1. The Morgan fingerprint density at radius 1 is 1.36 bits per heavy atom. The van der Waals surface area contributed by atoms with E-state index < -0.39 is 0 Å². The van der Waals surface area contributed by atoms with E-state index in [1.165, 1.54) is 11.1 Å². The van der Waals surface area contributed by atoms with Gasteiger partial charge in [0.15, 0.2) is 0 Å². The molecular weight excluding hydrogens is 314 g/mol. The van der Waals surface area contributed by atoms with Crippen molar-refractivity contribution in [3.05, 3.63) is 53.9 Å². The number of hydrogen-bond acceptors (Lipinski definition) is 4. The summed E-state index contributed by atoms with van der Waals surface area (Å²) < 4.78 is 13.2. The van der Waals surface area contributed by atoms with E-state index in [-0.39, 0.29) is 0 Å². The van der Waals surface area contributed by atoms with Crippen LogP contribution in [-0.2, 0) is 17.8 Å². The van der Waals surface area contributed by atoms with Gasteiger partial charge in [0.1, 0.15) is 5.75 Å². The molecule has 3 rings (SSSR count). The van der Waals surface area contributed by atoms with Crippen molar-refractivity contribution in [3.63, 3.8) is 0 Å². The summed E-state index contributed by atoms with van der Waals surface area (Å²) in [4.78, 5) is 2.42. The molecule has 2 heterocycles. The third kappa shape index (κ3) is 4.50. The molecule has 5 nitrogen and oxygen atoms in total. The number of benzene rings is 1. The van der Waals surface area contributed by atoms with Crippen molar-refractivity contribution in [1.82, 2.24) is 14.7 Å². The van der Waals surface area contributed by atoms with Gasteiger partial charge in [-0.05, 0) is 25.8 Å². The molecule has 1 aliphatic heterocycles. The summed E-state index contributed by atoms with van der Waals surface area (Å²) >= 11 is 0. The van der Waals surface area contributed by atoms with Crippen molar-refractivity contribution >= 4 is 6.20 Å². The van der Waals surface area contributed by atoms with E-state index in [9.17, 15) is 0 Å². The van der Waals surface area contributed by atoms with E-state index in [4.69, 9.17) is 9.47 Å². The summed E-state index contributed by atoms with van der Waals surface area (Å²) in [5.41, 5.74) is 3.45. The minimum Gasteiger partial charge on any atom is -0.496 e. The fraction of sp³-hybridized carbons (Fsp3) is 0.450. The van der Waals surface area contributed by atoms with Crippen LogP contribution < -0.4 is 4.74 Å². The summed E-state index contributed by atoms with van der Waals surface area (Å²) in [6.07, 6.45) is 6.37. The van der Waals surface area contributed by atoms with Crippen LogP contribution >= 0.6 is 0 Å². The van der Waals surface area contributed by atoms with Crippen LogP contribution in [0.25, 0.3) is 6.20 Å². The van der Waals surface area contributed by atoms with Gasteiger partial charge in [0, 0.05) is 49.8 Å².